The maximum Gasteiger partial charge on any atom is 0.275 e. The largest absolute Gasteiger partial charge is 0.349 e. The lowest BCUT2D eigenvalue weighted by Crippen LogP contribution is -3.09. The molecular weight excluding hydrogens is 362 g/mol. The number of aromatic nitrogens is 1. The van der Waals surface area contributed by atoms with Gasteiger partial charge in [-0.3, -0.25) is 4.79 Å². The van der Waals surface area contributed by atoms with Crippen LogP contribution in [0, 0.1) is 0 Å². The van der Waals surface area contributed by atoms with E-state index in [1.54, 1.807) is 11.3 Å². The molecule has 1 amide bonds. The monoisotopic (exact) mass is 382 g/mol. The van der Waals surface area contributed by atoms with E-state index in [0.29, 0.717) is 6.54 Å². The highest BCUT2D eigenvalue weighted by molar-refractivity contribution is 9.10. The Labute approximate surface area is 143 Å². The van der Waals surface area contributed by atoms with Gasteiger partial charge in [-0.15, -0.1) is 11.3 Å². The first-order chi connectivity index (χ1) is 10.4. The highest BCUT2D eigenvalue weighted by atomic mass is 79.9. The van der Waals surface area contributed by atoms with Gasteiger partial charge in [-0.05, 0) is 26.0 Å². The molecule has 6 heteroatoms. The number of hydrogen-bond donors (Lipinski definition) is 2. The molecule has 1 aromatic carbocycles. The van der Waals surface area contributed by atoms with Crippen LogP contribution in [0.1, 0.15) is 18.9 Å². The van der Waals surface area contributed by atoms with Crippen LogP contribution in [0.2, 0.25) is 0 Å². The zero-order valence-electron chi connectivity index (χ0n) is 13.0. The number of halogens is 1. The van der Waals surface area contributed by atoms with E-state index >= 15 is 0 Å². The zero-order chi connectivity index (χ0) is 16.1. The fourth-order valence-electron chi connectivity index (χ4n) is 2.11. The van der Waals surface area contributed by atoms with Gasteiger partial charge in [0.1, 0.15) is 11.6 Å². The highest BCUT2D eigenvalue weighted by Gasteiger charge is 2.13. The molecule has 0 radical (unpaired) electrons. The number of amides is 1. The van der Waals surface area contributed by atoms with Gasteiger partial charge in [-0.1, -0.05) is 28.1 Å². The van der Waals surface area contributed by atoms with E-state index in [2.05, 4.69) is 43.7 Å². The lowest BCUT2D eigenvalue weighted by Gasteiger charge is -2.13. The van der Waals surface area contributed by atoms with Gasteiger partial charge < -0.3 is 10.2 Å². The Morgan fingerprint density at radius 2 is 2.05 bits per heavy atom. The first-order valence-corrected chi connectivity index (χ1v) is 8.92. The van der Waals surface area contributed by atoms with Crippen LogP contribution in [0.15, 0.2) is 34.1 Å². The van der Waals surface area contributed by atoms with Crippen LogP contribution in [-0.4, -0.2) is 30.5 Å². The van der Waals surface area contributed by atoms with Crippen molar-refractivity contribution in [2.45, 2.75) is 26.4 Å². The summed E-state index contributed by atoms with van der Waals surface area (Å²) in [5.74, 6) is 0.0807. The molecule has 1 unspecified atom stereocenters. The number of rotatable bonds is 6. The molecular formula is C16H21BrN3OS+. The minimum Gasteiger partial charge on any atom is -0.349 e. The van der Waals surface area contributed by atoms with Gasteiger partial charge in [0.2, 0.25) is 0 Å². The van der Waals surface area contributed by atoms with Crippen LogP contribution in [0.3, 0.4) is 0 Å². The molecule has 2 rings (SSSR count). The molecule has 0 saturated heterocycles. The van der Waals surface area contributed by atoms with E-state index in [0.717, 1.165) is 32.2 Å². The molecule has 1 atom stereocenters. The van der Waals surface area contributed by atoms with Gasteiger partial charge in [-0.25, -0.2) is 4.98 Å². The van der Waals surface area contributed by atoms with E-state index in [-0.39, 0.29) is 11.9 Å². The van der Waals surface area contributed by atoms with Gasteiger partial charge in [0, 0.05) is 21.5 Å². The number of quaternary nitrogens is 1. The van der Waals surface area contributed by atoms with Crippen molar-refractivity contribution >= 4 is 33.2 Å². The third kappa shape index (κ3) is 5.19. The second-order valence-electron chi connectivity index (χ2n) is 5.67. The summed E-state index contributed by atoms with van der Waals surface area (Å²) in [5, 5.41) is 6.03. The quantitative estimate of drug-likeness (QED) is 0.803. The molecule has 0 saturated carbocycles. The summed E-state index contributed by atoms with van der Waals surface area (Å²) in [6.45, 7) is 5.16. The molecule has 0 spiro atoms. The van der Waals surface area contributed by atoms with Crippen molar-refractivity contribution in [1.29, 1.82) is 0 Å². The second kappa shape index (κ2) is 7.85. The first-order valence-electron chi connectivity index (χ1n) is 7.25. The molecule has 0 aliphatic heterocycles. The molecule has 1 heterocycles. The Morgan fingerprint density at radius 1 is 1.36 bits per heavy atom. The maximum atomic E-state index is 11.8. The third-order valence-corrected chi connectivity index (χ3v) is 4.43. The molecule has 118 valence electrons. The smallest absolute Gasteiger partial charge is 0.275 e. The van der Waals surface area contributed by atoms with Crippen molar-refractivity contribution in [3.63, 3.8) is 0 Å². The van der Waals surface area contributed by atoms with Crippen LogP contribution in [-0.2, 0) is 11.3 Å². The number of carbonyl (C=O) groups excluding carboxylic acids is 1. The van der Waals surface area contributed by atoms with Crippen LogP contribution in [0.4, 0.5) is 0 Å². The fourth-order valence-corrected chi connectivity index (χ4v) is 3.29. The molecule has 0 aliphatic carbocycles. The molecule has 0 bridgehead atoms. The first kappa shape index (κ1) is 17.1. The van der Waals surface area contributed by atoms with E-state index in [4.69, 9.17) is 0 Å². The summed E-state index contributed by atoms with van der Waals surface area (Å²) in [6.07, 6.45) is 0. The molecule has 22 heavy (non-hydrogen) atoms. The number of nitrogens with one attached hydrogen (secondary N) is 2. The summed E-state index contributed by atoms with van der Waals surface area (Å²) in [5.41, 5.74) is 2.10. The number of benzene rings is 1. The van der Waals surface area contributed by atoms with Crippen LogP contribution in [0.5, 0.6) is 0 Å². The van der Waals surface area contributed by atoms with Gasteiger partial charge in [0.25, 0.3) is 5.91 Å². The fraction of sp³-hybridized carbons (Fsp3) is 0.375. The third-order valence-electron chi connectivity index (χ3n) is 3.06. The Morgan fingerprint density at radius 3 is 2.68 bits per heavy atom. The number of hydrogen-bond acceptors (Lipinski definition) is 3. The average Bonchev–Trinajstić information content (AvgIpc) is 2.86. The zero-order valence-corrected chi connectivity index (χ0v) is 15.4. The predicted octanol–water partition coefficient (Wildman–Crippen LogP) is 2.11. The van der Waals surface area contributed by atoms with Crippen molar-refractivity contribution in [3.05, 3.63) is 39.1 Å². The Bertz CT molecular complexity index is 625. The minimum absolute atomic E-state index is 0.0807. The normalized spacial score (nSPS) is 12.4. The van der Waals surface area contributed by atoms with Crippen molar-refractivity contribution in [2.75, 3.05) is 13.6 Å². The van der Waals surface area contributed by atoms with Crippen molar-refractivity contribution in [2.24, 2.45) is 0 Å². The van der Waals surface area contributed by atoms with Gasteiger partial charge in [-0.2, -0.15) is 0 Å². The van der Waals surface area contributed by atoms with Crippen molar-refractivity contribution in [1.82, 2.24) is 10.3 Å². The molecule has 2 aromatic rings. The van der Waals surface area contributed by atoms with Gasteiger partial charge in [0.05, 0.1) is 12.7 Å². The molecule has 2 N–H and O–H groups in total. The van der Waals surface area contributed by atoms with Crippen molar-refractivity contribution in [3.8, 4) is 11.3 Å². The number of likely N-dealkylation sites (N-methyl/N-ethyl adjacent to an activating group) is 1. The Kier molecular flexibility index (Phi) is 6.11. The molecule has 1 aromatic heterocycles. The lowest BCUT2D eigenvalue weighted by molar-refractivity contribution is -0.885. The van der Waals surface area contributed by atoms with Gasteiger partial charge >= 0.3 is 0 Å². The second-order valence-corrected chi connectivity index (χ2v) is 7.52. The Balaban J connectivity index is 1.94. The van der Waals surface area contributed by atoms with E-state index in [1.165, 1.54) is 0 Å². The van der Waals surface area contributed by atoms with Crippen LogP contribution in [0.25, 0.3) is 11.3 Å². The van der Waals surface area contributed by atoms with Crippen molar-refractivity contribution < 1.29 is 9.69 Å². The highest BCUT2D eigenvalue weighted by Crippen LogP contribution is 2.23. The summed E-state index contributed by atoms with van der Waals surface area (Å²) >= 11 is 5.08. The number of nitrogens with zero attached hydrogens (tertiary/aromatic N) is 1. The molecule has 4 nitrogen and oxygen atoms in total. The Hall–Kier alpha value is -1.24. The SMILES string of the molecule is CC(C)NC(=O)C[NH+](C)Cc1nc(-c2ccc(Br)cc2)cs1. The minimum atomic E-state index is 0.0807. The van der Waals surface area contributed by atoms with Crippen LogP contribution < -0.4 is 10.2 Å². The summed E-state index contributed by atoms with van der Waals surface area (Å²) < 4.78 is 1.06. The maximum absolute atomic E-state index is 11.8. The summed E-state index contributed by atoms with van der Waals surface area (Å²) in [7, 11) is 2.01. The predicted molar refractivity (Wildman–Crippen MR) is 94.0 cm³/mol. The lowest BCUT2D eigenvalue weighted by atomic mass is 10.2. The number of carbonyl (C=O) groups is 1. The van der Waals surface area contributed by atoms with Gasteiger partial charge in [0.15, 0.2) is 6.54 Å². The summed E-state index contributed by atoms with van der Waals surface area (Å²) in [4.78, 5) is 17.6. The average molecular weight is 383 g/mol. The van der Waals surface area contributed by atoms with Crippen LogP contribution >= 0.6 is 27.3 Å². The summed E-state index contributed by atoms with van der Waals surface area (Å²) in [6, 6.07) is 8.32. The van der Waals surface area contributed by atoms with E-state index in [9.17, 15) is 4.79 Å². The van der Waals surface area contributed by atoms with E-state index in [1.807, 2.05) is 33.0 Å². The van der Waals surface area contributed by atoms with E-state index < -0.39 is 0 Å². The number of thiazole rings is 1. The standard InChI is InChI=1S/C16H20BrN3OS/c1-11(2)18-15(21)8-20(3)9-16-19-14(10-22-16)12-4-6-13(17)7-5-12/h4-7,10-11H,8-9H2,1-3H3,(H,18,21)/p+1. The topological polar surface area (TPSA) is 46.4 Å². The molecule has 0 fully saturated rings. The molecule has 0 aliphatic rings.